The van der Waals surface area contributed by atoms with Gasteiger partial charge in [0.2, 0.25) is 11.2 Å². The monoisotopic (exact) mass is 403 g/mol. The number of nitrogens with zero attached hydrogens (tertiary/aromatic N) is 1. The summed E-state index contributed by atoms with van der Waals surface area (Å²) in [6, 6.07) is 6.77. The third-order valence-electron chi connectivity index (χ3n) is 4.64. The molecule has 1 saturated heterocycles. The van der Waals surface area contributed by atoms with Crippen LogP contribution in [0.3, 0.4) is 0 Å². The summed E-state index contributed by atoms with van der Waals surface area (Å²) in [5, 5.41) is 0. The van der Waals surface area contributed by atoms with E-state index in [1.165, 1.54) is 17.0 Å². The summed E-state index contributed by atoms with van der Waals surface area (Å²) in [6.07, 6.45) is 2.41. The minimum Gasteiger partial charge on any atom is -0.482 e. The van der Waals surface area contributed by atoms with Crippen molar-refractivity contribution in [1.29, 1.82) is 0 Å². The Balaban J connectivity index is 1.64. The van der Waals surface area contributed by atoms with Crippen molar-refractivity contribution in [3.05, 3.63) is 64.0 Å². The number of hydrogen-bond donors (Lipinski definition) is 0. The topological polar surface area (TPSA) is 86.0 Å². The second-order valence-corrected chi connectivity index (χ2v) is 6.73. The molecule has 1 aromatic carbocycles. The van der Waals surface area contributed by atoms with Gasteiger partial charge in [-0.15, -0.1) is 0 Å². The van der Waals surface area contributed by atoms with Crippen LogP contribution in [0.25, 0.3) is 0 Å². The summed E-state index contributed by atoms with van der Waals surface area (Å²) < 4.78 is 28.7. The van der Waals surface area contributed by atoms with Gasteiger partial charge in [-0.25, -0.2) is 4.39 Å². The lowest BCUT2D eigenvalue weighted by Gasteiger charge is -2.31. The molecule has 0 N–H and O–H groups in total. The Morgan fingerprint density at radius 3 is 2.72 bits per heavy atom. The van der Waals surface area contributed by atoms with Crippen molar-refractivity contribution < 1.29 is 27.9 Å². The first-order chi connectivity index (χ1) is 14.0. The van der Waals surface area contributed by atoms with Crippen molar-refractivity contribution in [2.24, 2.45) is 5.92 Å². The molecule has 29 heavy (non-hydrogen) atoms. The molecule has 0 spiro atoms. The zero-order valence-electron chi connectivity index (χ0n) is 16.1. The Bertz CT molecular complexity index is 924. The first kappa shape index (κ1) is 20.6. The average Bonchev–Trinajstić information content (AvgIpc) is 2.73. The SMILES string of the molecule is CCOC(=O)[C@@H]1CCCN(C(=O)c2cc(=O)c(OCc3ccc(F)cc3)co2)C1. The molecule has 0 aliphatic carbocycles. The van der Waals surface area contributed by atoms with Gasteiger partial charge in [-0.05, 0) is 37.5 Å². The molecule has 1 aliphatic heterocycles. The number of ether oxygens (including phenoxy) is 2. The Morgan fingerprint density at radius 2 is 2.03 bits per heavy atom. The van der Waals surface area contributed by atoms with Gasteiger partial charge in [0, 0.05) is 19.2 Å². The second-order valence-electron chi connectivity index (χ2n) is 6.73. The first-order valence-corrected chi connectivity index (χ1v) is 9.44. The van der Waals surface area contributed by atoms with E-state index in [9.17, 15) is 18.8 Å². The van der Waals surface area contributed by atoms with E-state index >= 15 is 0 Å². The van der Waals surface area contributed by atoms with Crippen molar-refractivity contribution >= 4 is 11.9 Å². The highest BCUT2D eigenvalue weighted by Gasteiger charge is 2.30. The van der Waals surface area contributed by atoms with E-state index in [-0.39, 0.29) is 49.0 Å². The molecular weight excluding hydrogens is 381 g/mol. The molecule has 1 atom stereocenters. The van der Waals surface area contributed by atoms with Gasteiger partial charge in [0.15, 0.2) is 5.76 Å². The number of benzene rings is 1. The van der Waals surface area contributed by atoms with Crippen molar-refractivity contribution in [2.45, 2.75) is 26.4 Å². The first-order valence-electron chi connectivity index (χ1n) is 9.44. The number of piperidine rings is 1. The van der Waals surface area contributed by atoms with Crippen molar-refractivity contribution in [2.75, 3.05) is 19.7 Å². The molecule has 0 bridgehead atoms. The molecule has 0 saturated carbocycles. The third kappa shape index (κ3) is 5.22. The maximum Gasteiger partial charge on any atom is 0.310 e. The normalized spacial score (nSPS) is 16.3. The molecule has 2 heterocycles. The minimum absolute atomic E-state index is 0.0473. The summed E-state index contributed by atoms with van der Waals surface area (Å²) in [6.45, 7) is 2.78. The van der Waals surface area contributed by atoms with Crippen LogP contribution in [0.5, 0.6) is 5.75 Å². The zero-order chi connectivity index (χ0) is 20.8. The molecular formula is C21H22FNO6. The molecule has 1 fully saturated rings. The van der Waals surface area contributed by atoms with Crippen LogP contribution in [0.15, 0.2) is 45.8 Å². The van der Waals surface area contributed by atoms with Crippen LogP contribution >= 0.6 is 0 Å². The van der Waals surface area contributed by atoms with Gasteiger partial charge in [0.05, 0.1) is 12.5 Å². The molecule has 3 rings (SSSR count). The zero-order valence-corrected chi connectivity index (χ0v) is 16.1. The van der Waals surface area contributed by atoms with E-state index in [0.29, 0.717) is 24.9 Å². The van der Waals surface area contributed by atoms with Crippen molar-refractivity contribution in [3.63, 3.8) is 0 Å². The van der Waals surface area contributed by atoms with Crippen molar-refractivity contribution in [3.8, 4) is 5.75 Å². The van der Waals surface area contributed by atoms with Crippen LogP contribution in [0.1, 0.15) is 35.9 Å². The number of likely N-dealkylation sites (tertiary alicyclic amines) is 1. The molecule has 0 radical (unpaired) electrons. The largest absolute Gasteiger partial charge is 0.482 e. The highest BCUT2D eigenvalue weighted by atomic mass is 19.1. The van der Waals surface area contributed by atoms with Crippen LogP contribution < -0.4 is 10.2 Å². The Kier molecular flexibility index (Phi) is 6.64. The molecule has 7 nitrogen and oxygen atoms in total. The molecule has 2 aromatic rings. The van der Waals surface area contributed by atoms with E-state index in [2.05, 4.69) is 0 Å². The van der Waals surface area contributed by atoms with E-state index < -0.39 is 11.3 Å². The Morgan fingerprint density at radius 1 is 1.28 bits per heavy atom. The van der Waals surface area contributed by atoms with E-state index in [0.717, 1.165) is 12.3 Å². The highest BCUT2D eigenvalue weighted by molar-refractivity contribution is 5.91. The number of carbonyl (C=O) groups is 2. The van der Waals surface area contributed by atoms with Gasteiger partial charge in [-0.1, -0.05) is 12.1 Å². The Hall–Kier alpha value is -3.16. The molecule has 0 unspecified atom stereocenters. The minimum atomic E-state index is -0.499. The van der Waals surface area contributed by atoms with Gasteiger partial charge in [0.25, 0.3) is 5.91 Å². The molecule has 154 valence electrons. The summed E-state index contributed by atoms with van der Waals surface area (Å²) in [5.41, 5.74) is 0.185. The Labute approximate surface area is 167 Å². The van der Waals surface area contributed by atoms with E-state index in [1.807, 2.05) is 0 Å². The van der Waals surface area contributed by atoms with Gasteiger partial charge >= 0.3 is 5.97 Å². The maximum absolute atomic E-state index is 12.9. The fourth-order valence-corrected chi connectivity index (χ4v) is 3.13. The lowest BCUT2D eigenvalue weighted by molar-refractivity contribution is -0.149. The van der Waals surface area contributed by atoms with E-state index in [1.54, 1.807) is 19.1 Å². The molecule has 8 heteroatoms. The fourth-order valence-electron chi connectivity index (χ4n) is 3.13. The summed E-state index contributed by atoms with van der Waals surface area (Å²) >= 11 is 0. The molecule has 1 aliphatic rings. The predicted octanol–water partition coefficient (Wildman–Crippen LogP) is 2.77. The number of amides is 1. The predicted molar refractivity (Wildman–Crippen MR) is 101 cm³/mol. The summed E-state index contributed by atoms with van der Waals surface area (Å²) in [7, 11) is 0. The van der Waals surface area contributed by atoms with Crippen LogP contribution in [-0.4, -0.2) is 36.5 Å². The van der Waals surface area contributed by atoms with Gasteiger partial charge in [0.1, 0.15) is 18.7 Å². The van der Waals surface area contributed by atoms with Gasteiger partial charge in [-0.2, -0.15) is 0 Å². The number of halogens is 1. The van der Waals surface area contributed by atoms with E-state index in [4.69, 9.17) is 13.9 Å². The average molecular weight is 403 g/mol. The maximum atomic E-state index is 12.9. The summed E-state index contributed by atoms with van der Waals surface area (Å²) in [4.78, 5) is 38.4. The number of carbonyl (C=O) groups excluding carboxylic acids is 2. The summed E-state index contributed by atoms with van der Waals surface area (Å²) in [5.74, 6) is -1.68. The standard InChI is InChI=1S/C21H22FNO6/c1-2-27-21(26)15-4-3-9-23(11-15)20(25)18-10-17(24)19(13-29-18)28-12-14-5-7-16(22)8-6-14/h5-8,10,13,15H,2-4,9,11-12H2,1H3/t15-/m1/s1. The number of rotatable bonds is 6. The highest BCUT2D eigenvalue weighted by Crippen LogP contribution is 2.20. The van der Waals surface area contributed by atoms with Crippen LogP contribution in [-0.2, 0) is 16.1 Å². The molecule has 1 amide bonds. The quantitative estimate of drug-likeness (QED) is 0.690. The van der Waals surface area contributed by atoms with Crippen LogP contribution in [0.4, 0.5) is 4.39 Å². The van der Waals surface area contributed by atoms with Crippen LogP contribution in [0.2, 0.25) is 0 Å². The lowest BCUT2D eigenvalue weighted by Crippen LogP contribution is -2.43. The van der Waals surface area contributed by atoms with Gasteiger partial charge < -0.3 is 18.8 Å². The van der Waals surface area contributed by atoms with Crippen molar-refractivity contribution in [1.82, 2.24) is 4.90 Å². The fraction of sp³-hybridized carbons (Fsp3) is 0.381. The second kappa shape index (κ2) is 9.36. The lowest BCUT2D eigenvalue weighted by atomic mass is 9.98. The van der Waals surface area contributed by atoms with Gasteiger partial charge in [-0.3, -0.25) is 14.4 Å². The third-order valence-corrected chi connectivity index (χ3v) is 4.64. The van der Waals surface area contributed by atoms with Crippen LogP contribution in [0, 0.1) is 11.7 Å². The number of esters is 1. The smallest absolute Gasteiger partial charge is 0.310 e. The molecule has 1 aromatic heterocycles. The number of hydrogen-bond acceptors (Lipinski definition) is 6.